The number of aromatic nitrogens is 4. The minimum Gasteiger partial charge on any atom is -0.300 e. The highest BCUT2D eigenvalue weighted by Gasteiger charge is 2.29. The van der Waals surface area contributed by atoms with Crippen LogP contribution in [-0.2, 0) is 19.6 Å². The van der Waals surface area contributed by atoms with E-state index in [2.05, 4.69) is 31.0 Å². The van der Waals surface area contributed by atoms with Crippen molar-refractivity contribution in [1.29, 1.82) is 0 Å². The number of amides is 2. The first kappa shape index (κ1) is 24.3. The zero-order valence-electron chi connectivity index (χ0n) is 16.7. The average Bonchev–Trinajstić information content (AvgIpc) is 3.35. The molecule has 0 aromatic carbocycles. The van der Waals surface area contributed by atoms with Crippen LogP contribution >= 0.6 is 46.2 Å². The Balaban J connectivity index is 1.42. The van der Waals surface area contributed by atoms with Crippen LogP contribution in [0.3, 0.4) is 0 Å². The highest BCUT2D eigenvalue weighted by atomic mass is 32.2. The Hall–Kier alpha value is -1.33. The van der Waals surface area contributed by atoms with Crippen LogP contribution in [0.15, 0.2) is 8.68 Å². The number of hydrogen-bond acceptors (Lipinski definition) is 12. The lowest BCUT2D eigenvalue weighted by molar-refractivity contribution is -0.121. The summed E-state index contributed by atoms with van der Waals surface area (Å²) in [6.07, 6.45) is 2.10. The molecule has 1 aliphatic rings. The molecular formula is C15H21N7O4S5. The third-order valence-electron chi connectivity index (χ3n) is 4.18. The summed E-state index contributed by atoms with van der Waals surface area (Å²) in [4.78, 5) is 24.5. The van der Waals surface area contributed by atoms with Crippen molar-refractivity contribution in [2.24, 2.45) is 5.92 Å². The molecule has 1 saturated heterocycles. The van der Waals surface area contributed by atoms with Gasteiger partial charge >= 0.3 is 0 Å². The Morgan fingerprint density at radius 3 is 2.19 bits per heavy atom. The number of nitrogens with one attached hydrogen (secondary N) is 2. The molecule has 2 N–H and O–H groups in total. The molecule has 0 bridgehead atoms. The fourth-order valence-corrected chi connectivity index (χ4v) is 6.79. The highest BCUT2D eigenvalue weighted by molar-refractivity contribution is 8.01. The van der Waals surface area contributed by atoms with Crippen molar-refractivity contribution in [2.75, 3.05) is 41.5 Å². The normalized spacial score (nSPS) is 15.7. The molecule has 0 atom stereocenters. The van der Waals surface area contributed by atoms with Crippen molar-refractivity contribution in [3.05, 3.63) is 0 Å². The van der Waals surface area contributed by atoms with Crippen molar-refractivity contribution in [3.63, 3.8) is 0 Å². The molecule has 3 rings (SSSR count). The first-order chi connectivity index (χ1) is 14.7. The van der Waals surface area contributed by atoms with Crippen molar-refractivity contribution < 1.29 is 18.0 Å². The van der Waals surface area contributed by atoms with E-state index in [1.54, 1.807) is 11.8 Å². The van der Waals surface area contributed by atoms with E-state index in [-0.39, 0.29) is 23.5 Å². The van der Waals surface area contributed by atoms with Gasteiger partial charge in [0.15, 0.2) is 8.68 Å². The van der Waals surface area contributed by atoms with E-state index in [4.69, 9.17) is 0 Å². The van der Waals surface area contributed by atoms with Gasteiger partial charge in [0.1, 0.15) is 0 Å². The molecule has 3 heterocycles. The molecular weight excluding hydrogens is 503 g/mol. The SMILES string of the molecule is CCSc1nnc(NC(=O)CSc2nnc(NC(=O)C3CCN(S(C)(=O)=O)CC3)s2)s1. The van der Waals surface area contributed by atoms with Crippen molar-refractivity contribution >= 4 is 78.3 Å². The molecule has 16 heteroatoms. The number of nitrogens with zero attached hydrogens (tertiary/aromatic N) is 5. The summed E-state index contributed by atoms with van der Waals surface area (Å²) in [7, 11) is -3.23. The van der Waals surface area contributed by atoms with Crippen molar-refractivity contribution in [3.8, 4) is 0 Å². The number of carbonyl (C=O) groups excluding carboxylic acids is 2. The molecule has 0 saturated carbocycles. The zero-order valence-corrected chi connectivity index (χ0v) is 20.8. The van der Waals surface area contributed by atoms with E-state index >= 15 is 0 Å². The largest absolute Gasteiger partial charge is 0.300 e. The van der Waals surface area contributed by atoms with Gasteiger partial charge in [0, 0.05) is 19.0 Å². The molecule has 2 aromatic rings. The third kappa shape index (κ3) is 7.35. The van der Waals surface area contributed by atoms with Crippen LogP contribution in [0.5, 0.6) is 0 Å². The molecule has 31 heavy (non-hydrogen) atoms. The molecule has 11 nitrogen and oxygen atoms in total. The number of thioether (sulfide) groups is 2. The molecule has 1 aliphatic heterocycles. The minimum absolute atomic E-state index is 0.127. The van der Waals surface area contributed by atoms with E-state index in [0.29, 0.717) is 40.5 Å². The van der Waals surface area contributed by atoms with E-state index < -0.39 is 10.0 Å². The van der Waals surface area contributed by atoms with Crippen molar-refractivity contribution in [2.45, 2.75) is 28.4 Å². The van der Waals surface area contributed by atoms with Crippen LogP contribution in [-0.4, -0.2) is 75.8 Å². The summed E-state index contributed by atoms with van der Waals surface area (Å²) in [5.74, 6) is 0.311. The molecule has 170 valence electrons. The second-order valence-corrected chi connectivity index (χ2v) is 13.1. The van der Waals surface area contributed by atoms with Crippen molar-refractivity contribution in [1.82, 2.24) is 24.7 Å². The Bertz CT molecular complexity index is 1020. The highest BCUT2D eigenvalue weighted by Crippen LogP contribution is 2.28. The van der Waals surface area contributed by atoms with Crippen LogP contribution in [0.1, 0.15) is 19.8 Å². The molecule has 2 aromatic heterocycles. The maximum Gasteiger partial charge on any atom is 0.236 e. The van der Waals surface area contributed by atoms with Gasteiger partial charge in [-0.15, -0.1) is 20.4 Å². The summed E-state index contributed by atoms with van der Waals surface area (Å²) in [5, 5.41) is 22.1. The smallest absolute Gasteiger partial charge is 0.236 e. The monoisotopic (exact) mass is 523 g/mol. The van der Waals surface area contributed by atoms with E-state index in [1.165, 1.54) is 45.0 Å². The topological polar surface area (TPSA) is 147 Å². The van der Waals surface area contributed by atoms with Crippen LogP contribution in [0.25, 0.3) is 0 Å². The Morgan fingerprint density at radius 2 is 1.61 bits per heavy atom. The molecule has 0 radical (unpaired) electrons. The molecule has 2 amide bonds. The predicted molar refractivity (Wildman–Crippen MR) is 123 cm³/mol. The van der Waals surface area contributed by atoms with E-state index in [9.17, 15) is 18.0 Å². The quantitative estimate of drug-likeness (QED) is 0.368. The number of rotatable bonds is 9. The third-order valence-corrected chi connectivity index (χ3v) is 9.31. The molecule has 0 unspecified atom stereocenters. The number of sulfonamides is 1. The summed E-state index contributed by atoms with van der Waals surface area (Å²) < 4.78 is 25.9. The van der Waals surface area contributed by atoms with Gasteiger partial charge in [0.05, 0.1) is 12.0 Å². The lowest BCUT2D eigenvalue weighted by Gasteiger charge is -2.29. The predicted octanol–water partition coefficient (Wildman–Crippen LogP) is 1.84. The first-order valence-corrected chi connectivity index (χ1v) is 14.7. The molecule has 0 spiro atoms. The van der Waals surface area contributed by atoms with Crippen LogP contribution < -0.4 is 10.6 Å². The lowest BCUT2D eigenvalue weighted by atomic mass is 9.97. The van der Waals surface area contributed by atoms with Gasteiger partial charge in [0.2, 0.25) is 32.1 Å². The molecule has 0 aliphatic carbocycles. The second kappa shape index (κ2) is 11.0. The van der Waals surface area contributed by atoms with Gasteiger partial charge in [-0.2, -0.15) is 0 Å². The Labute approximate surface area is 196 Å². The summed E-state index contributed by atoms with van der Waals surface area (Å²) in [6, 6.07) is 0. The average molecular weight is 524 g/mol. The fraction of sp³-hybridized carbons (Fsp3) is 0.600. The summed E-state index contributed by atoms with van der Waals surface area (Å²) in [5.41, 5.74) is 0. The number of hydrogen-bond donors (Lipinski definition) is 2. The minimum atomic E-state index is -3.23. The Morgan fingerprint density at radius 1 is 1.03 bits per heavy atom. The lowest BCUT2D eigenvalue weighted by Crippen LogP contribution is -2.40. The number of piperidine rings is 1. The van der Waals surface area contributed by atoms with Gasteiger partial charge in [-0.1, -0.05) is 53.1 Å². The van der Waals surface area contributed by atoms with Gasteiger partial charge in [-0.3, -0.25) is 14.9 Å². The standard InChI is InChI=1S/C15H21N7O4S5/c1-3-27-14-20-18-12(29-14)16-10(23)8-28-15-21-19-13(30-15)17-11(24)9-4-6-22(7-5-9)31(2,25)26/h9H,3-8H2,1-2H3,(H,16,18,23)(H,17,19,24). The second-order valence-electron chi connectivity index (χ2n) is 6.44. The van der Waals surface area contributed by atoms with Crippen LogP contribution in [0.2, 0.25) is 0 Å². The van der Waals surface area contributed by atoms with Gasteiger partial charge in [-0.05, 0) is 18.6 Å². The number of anilines is 2. The zero-order chi connectivity index (χ0) is 22.4. The van der Waals surface area contributed by atoms with E-state index in [1.807, 2.05) is 6.92 Å². The maximum atomic E-state index is 12.4. The fourth-order valence-electron chi connectivity index (χ4n) is 2.70. The Kier molecular flexibility index (Phi) is 8.63. The molecule has 1 fully saturated rings. The summed E-state index contributed by atoms with van der Waals surface area (Å²) >= 11 is 5.28. The van der Waals surface area contributed by atoms with Crippen LogP contribution in [0.4, 0.5) is 10.3 Å². The number of carbonyl (C=O) groups is 2. The van der Waals surface area contributed by atoms with Gasteiger partial charge in [-0.25, -0.2) is 12.7 Å². The van der Waals surface area contributed by atoms with Gasteiger partial charge < -0.3 is 5.32 Å². The van der Waals surface area contributed by atoms with Gasteiger partial charge in [0.25, 0.3) is 0 Å². The summed E-state index contributed by atoms with van der Waals surface area (Å²) in [6.45, 7) is 2.67. The van der Waals surface area contributed by atoms with E-state index in [0.717, 1.165) is 10.1 Å². The van der Waals surface area contributed by atoms with Crippen LogP contribution in [0, 0.1) is 5.92 Å². The maximum absolute atomic E-state index is 12.4. The first-order valence-electron chi connectivity index (χ1n) is 9.23.